The van der Waals surface area contributed by atoms with Crippen LogP contribution in [0.5, 0.6) is 0 Å². The molecule has 7 rings (SSSR count). The maximum absolute atomic E-state index is 12.9. The molecule has 0 saturated carbocycles. The molecule has 0 aromatic heterocycles. The first kappa shape index (κ1) is 36.2. The largest absolute Gasteiger partial charge is 0.456 e. The van der Waals surface area contributed by atoms with Gasteiger partial charge >= 0.3 is 0 Å². The molecule has 0 unspecified atom stereocenters. The second-order valence-electron chi connectivity index (χ2n) is 13.4. The van der Waals surface area contributed by atoms with Crippen LogP contribution < -0.4 is 10.7 Å². The van der Waals surface area contributed by atoms with Crippen LogP contribution in [0.1, 0.15) is 56.7 Å². The van der Waals surface area contributed by atoms with Crippen LogP contribution in [-0.4, -0.2) is 8.42 Å². The first-order valence-electron chi connectivity index (χ1n) is 18.4. The zero-order valence-corrected chi connectivity index (χ0v) is 31.9. The van der Waals surface area contributed by atoms with E-state index in [0.29, 0.717) is 16.9 Å². The smallest absolute Gasteiger partial charge is 0.261 e. The lowest BCUT2D eigenvalue weighted by molar-refractivity contribution is 0.609. The molecule has 5 aromatic rings. The van der Waals surface area contributed by atoms with Gasteiger partial charge in [-0.1, -0.05) is 125 Å². The summed E-state index contributed by atoms with van der Waals surface area (Å²) in [5.74, 6) is 0.592. The normalized spacial score (nSPS) is 12.1. The lowest BCUT2D eigenvalue weighted by atomic mass is 9.93. The number of rotatable bonds is 12. The number of hydrogen-bond acceptors (Lipinski definition) is 5. The Kier molecular flexibility index (Phi) is 10.8. The van der Waals surface area contributed by atoms with Crippen molar-refractivity contribution in [3.05, 3.63) is 149 Å². The van der Waals surface area contributed by atoms with Crippen LogP contribution in [0.2, 0.25) is 0 Å². The summed E-state index contributed by atoms with van der Waals surface area (Å²) in [6.45, 7) is 6.56. The first-order valence-corrected chi connectivity index (χ1v) is 20.7. The third kappa shape index (κ3) is 7.66. The van der Waals surface area contributed by atoms with Gasteiger partial charge in [-0.2, -0.15) is 0 Å². The number of halogens is 1. The number of nitrogens with zero attached hydrogens (tertiary/aromatic N) is 1. The van der Waals surface area contributed by atoms with Crippen molar-refractivity contribution in [2.75, 3.05) is 5.32 Å². The van der Waals surface area contributed by atoms with Gasteiger partial charge in [-0.15, -0.1) is 0 Å². The molecule has 0 amide bonds. The molecule has 1 aliphatic carbocycles. The van der Waals surface area contributed by atoms with Crippen LogP contribution in [-0.2, 0) is 28.3 Å². The fourth-order valence-corrected chi connectivity index (χ4v) is 8.37. The van der Waals surface area contributed by atoms with Crippen LogP contribution in [0.4, 0.5) is 17.1 Å². The number of aryl methyl sites for hydroxylation is 3. The van der Waals surface area contributed by atoms with E-state index in [1.54, 1.807) is 18.2 Å². The lowest BCUT2D eigenvalue weighted by Crippen LogP contribution is -2.05. The summed E-state index contributed by atoms with van der Waals surface area (Å²) in [5, 5.41) is 5.28. The average Bonchev–Trinajstić information content (AvgIpc) is 3.16. The molecular weight excluding hydrogens is 696 g/mol. The van der Waals surface area contributed by atoms with Crippen LogP contribution in [0.25, 0.3) is 44.5 Å². The zero-order valence-electron chi connectivity index (χ0n) is 30.3. The fourth-order valence-electron chi connectivity index (χ4n) is 7.29. The number of nitrogens with one attached hydrogen (secondary N) is 1. The SMILES string of the molecule is CCCc1cccc(CCC)c1/N=c1\ccc2c(-c3ccccc3S(=O)(=O)Cl)c3ccc(Nc4c(CCC)cccc4-c4ccccc4)cc3oc-2c1. The van der Waals surface area contributed by atoms with Gasteiger partial charge in [-0.3, -0.25) is 0 Å². The molecule has 0 saturated heterocycles. The van der Waals surface area contributed by atoms with Crippen molar-refractivity contribution in [1.82, 2.24) is 0 Å². The van der Waals surface area contributed by atoms with Crippen molar-refractivity contribution in [3.63, 3.8) is 0 Å². The lowest BCUT2D eigenvalue weighted by Gasteiger charge is -2.19. The van der Waals surface area contributed by atoms with Crippen LogP contribution in [0.3, 0.4) is 0 Å². The summed E-state index contributed by atoms with van der Waals surface area (Å²) in [6.07, 6.45) is 5.86. The molecule has 1 N–H and O–H groups in total. The second kappa shape index (κ2) is 15.8. The van der Waals surface area contributed by atoms with E-state index in [1.807, 2.05) is 48.5 Å². The molecule has 2 aliphatic rings. The van der Waals surface area contributed by atoms with Crippen molar-refractivity contribution < 1.29 is 12.8 Å². The fraction of sp³-hybridized carbons (Fsp3) is 0.196. The summed E-state index contributed by atoms with van der Waals surface area (Å²) in [6, 6.07) is 42.1. The summed E-state index contributed by atoms with van der Waals surface area (Å²) >= 11 is 0. The minimum atomic E-state index is -4.07. The molecule has 268 valence electrons. The minimum Gasteiger partial charge on any atom is -0.456 e. The van der Waals surface area contributed by atoms with E-state index in [-0.39, 0.29) is 4.90 Å². The monoisotopic (exact) mass is 738 g/mol. The number of hydrogen-bond donors (Lipinski definition) is 1. The highest BCUT2D eigenvalue weighted by Gasteiger charge is 2.24. The zero-order chi connectivity index (χ0) is 37.0. The summed E-state index contributed by atoms with van der Waals surface area (Å²) in [5.41, 5.74) is 11.4. The molecule has 0 radical (unpaired) electrons. The molecule has 0 spiro atoms. The molecule has 7 heteroatoms. The van der Waals surface area contributed by atoms with Crippen molar-refractivity contribution in [3.8, 4) is 33.6 Å². The van der Waals surface area contributed by atoms with Gasteiger partial charge in [0.15, 0.2) is 0 Å². The molecule has 0 atom stereocenters. The number of anilines is 2. The number of fused-ring (bicyclic) bond motifs is 2. The van der Waals surface area contributed by atoms with Crippen LogP contribution in [0.15, 0.2) is 142 Å². The topological polar surface area (TPSA) is 71.7 Å². The standard InChI is InChI=1S/C46H43ClN2O3S/c1-4-14-32-19-12-20-33(15-5-2)45(32)48-35-25-27-38-41(29-35)52-42-30-36(26-28-39(42)44(38)40-22-10-11-24-43(40)53(47,50)51)49-46-34(16-6-3)21-13-23-37(46)31-17-8-7-9-18-31/h7-13,17-30,49H,4-6,14-16H2,1-3H3/b48-35+. The summed E-state index contributed by atoms with van der Waals surface area (Å²) in [4.78, 5) is 5.26. The molecule has 1 aliphatic heterocycles. The molecule has 53 heavy (non-hydrogen) atoms. The van der Waals surface area contributed by atoms with Gasteiger partial charge in [0.2, 0.25) is 0 Å². The van der Waals surface area contributed by atoms with Gasteiger partial charge in [0.05, 0.1) is 15.9 Å². The maximum atomic E-state index is 12.9. The van der Waals surface area contributed by atoms with E-state index >= 15 is 0 Å². The van der Waals surface area contributed by atoms with E-state index in [1.165, 1.54) is 16.7 Å². The van der Waals surface area contributed by atoms with E-state index in [9.17, 15) is 8.42 Å². The molecule has 0 bridgehead atoms. The van der Waals surface area contributed by atoms with Gasteiger partial charge in [-0.05, 0) is 71.8 Å². The van der Waals surface area contributed by atoms with Crippen molar-refractivity contribution >= 4 is 47.8 Å². The predicted octanol–water partition coefficient (Wildman–Crippen LogP) is 12.6. The maximum Gasteiger partial charge on any atom is 0.261 e. The molecular formula is C46H43ClN2O3S. The third-order valence-corrected chi connectivity index (χ3v) is 11.0. The van der Waals surface area contributed by atoms with E-state index < -0.39 is 9.05 Å². The Labute approximate surface area is 316 Å². The average molecular weight is 739 g/mol. The Morgan fingerprint density at radius 3 is 2.00 bits per heavy atom. The van der Waals surface area contributed by atoms with Crippen molar-refractivity contribution in [1.29, 1.82) is 0 Å². The van der Waals surface area contributed by atoms with Gasteiger partial charge in [0.1, 0.15) is 11.3 Å². The Morgan fingerprint density at radius 2 is 1.28 bits per heavy atom. The third-order valence-electron chi connectivity index (χ3n) is 9.63. The van der Waals surface area contributed by atoms with E-state index in [4.69, 9.17) is 20.1 Å². The Bertz CT molecular complexity index is 2540. The van der Waals surface area contributed by atoms with Crippen LogP contribution in [0, 0.1) is 0 Å². The quantitative estimate of drug-likeness (QED) is 0.100. The number of benzene rings is 6. The Morgan fingerprint density at radius 1 is 0.642 bits per heavy atom. The second-order valence-corrected chi connectivity index (χ2v) is 16.0. The number of para-hydroxylation sites is 2. The van der Waals surface area contributed by atoms with E-state index in [2.05, 4.69) is 86.8 Å². The molecule has 1 heterocycles. The van der Waals surface area contributed by atoms with Gasteiger partial charge < -0.3 is 9.73 Å². The van der Waals surface area contributed by atoms with Crippen LogP contribution >= 0.6 is 10.7 Å². The van der Waals surface area contributed by atoms with Gasteiger partial charge in [0.25, 0.3) is 9.05 Å². The highest BCUT2D eigenvalue weighted by Crippen LogP contribution is 2.44. The molecule has 5 aromatic carbocycles. The molecule has 5 nitrogen and oxygen atoms in total. The summed E-state index contributed by atoms with van der Waals surface area (Å²) in [7, 11) is 1.99. The van der Waals surface area contributed by atoms with Crippen molar-refractivity contribution in [2.24, 2.45) is 4.99 Å². The summed E-state index contributed by atoms with van der Waals surface area (Å²) < 4.78 is 32.6. The Hall–Kier alpha value is -5.17. The van der Waals surface area contributed by atoms with Gasteiger partial charge in [-0.25, -0.2) is 13.4 Å². The first-order chi connectivity index (χ1) is 25.8. The Balaban J connectivity index is 1.46. The van der Waals surface area contributed by atoms with Crippen molar-refractivity contribution in [2.45, 2.75) is 64.2 Å². The van der Waals surface area contributed by atoms with Gasteiger partial charge in [0, 0.05) is 61.8 Å². The predicted molar refractivity (Wildman–Crippen MR) is 220 cm³/mol. The highest BCUT2D eigenvalue weighted by molar-refractivity contribution is 8.13. The van der Waals surface area contributed by atoms with E-state index in [0.717, 1.165) is 88.6 Å². The molecule has 0 fully saturated rings. The minimum absolute atomic E-state index is 0.0464. The highest BCUT2D eigenvalue weighted by atomic mass is 35.7.